The van der Waals surface area contributed by atoms with Crippen molar-refractivity contribution >= 4 is 11.8 Å². The second-order valence-corrected chi connectivity index (χ2v) is 5.92. The van der Waals surface area contributed by atoms with Crippen molar-refractivity contribution in [1.29, 1.82) is 0 Å². The van der Waals surface area contributed by atoms with Crippen LogP contribution in [0.15, 0.2) is 18.2 Å². The van der Waals surface area contributed by atoms with E-state index >= 15 is 0 Å². The molecule has 0 aromatic heterocycles. The summed E-state index contributed by atoms with van der Waals surface area (Å²) in [5, 5.41) is 2.83. The molecule has 1 saturated heterocycles. The molecule has 0 saturated carbocycles. The zero-order valence-corrected chi connectivity index (χ0v) is 15.0. The van der Waals surface area contributed by atoms with Crippen molar-refractivity contribution in [2.75, 3.05) is 33.9 Å². The monoisotopic (exact) mass is 350 g/mol. The third-order valence-corrected chi connectivity index (χ3v) is 4.17. The molecule has 1 aliphatic heterocycles. The molecule has 2 rings (SSSR count). The van der Waals surface area contributed by atoms with Gasteiger partial charge in [0.2, 0.25) is 11.8 Å². The Morgan fingerprint density at radius 3 is 2.64 bits per heavy atom. The van der Waals surface area contributed by atoms with Crippen molar-refractivity contribution in [3.8, 4) is 11.5 Å². The smallest absolute Gasteiger partial charge is 0.249 e. The molecular weight excluding hydrogens is 324 g/mol. The van der Waals surface area contributed by atoms with Gasteiger partial charge in [0.25, 0.3) is 0 Å². The lowest BCUT2D eigenvalue weighted by atomic mass is 10.2. The third kappa shape index (κ3) is 5.35. The molecule has 7 nitrogen and oxygen atoms in total. The fourth-order valence-corrected chi connectivity index (χ4v) is 2.76. The maximum Gasteiger partial charge on any atom is 0.249 e. The van der Waals surface area contributed by atoms with Crippen LogP contribution in [0.4, 0.5) is 0 Å². The van der Waals surface area contributed by atoms with Crippen molar-refractivity contribution in [3.63, 3.8) is 0 Å². The zero-order chi connectivity index (χ0) is 18.2. The SMILES string of the molecule is COc1ccc(CN(CCNC(=O)C2CCCO2)C(C)=O)cc1OC. The molecule has 7 heteroatoms. The summed E-state index contributed by atoms with van der Waals surface area (Å²) >= 11 is 0. The molecule has 25 heavy (non-hydrogen) atoms. The molecule has 1 aromatic carbocycles. The van der Waals surface area contributed by atoms with Gasteiger partial charge in [0.05, 0.1) is 14.2 Å². The molecule has 1 N–H and O–H groups in total. The molecule has 1 unspecified atom stereocenters. The molecular formula is C18H26N2O5. The Labute approximate surface area is 148 Å². The van der Waals surface area contributed by atoms with Crippen LogP contribution in [0.25, 0.3) is 0 Å². The first-order valence-corrected chi connectivity index (χ1v) is 8.41. The van der Waals surface area contributed by atoms with Crippen molar-refractivity contribution in [2.45, 2.75) is 32.4 Å². The van der Waals surface area contributed by atoms with Crippen molar-refractivity contribution in [3.05, 3.63) is 23.8 Å². The van der Waals surface area contributed by atoms with Crippen LogP contribution in [0.5, 0.6) is 11.5 Å². The summed E-state index contributed by atoms with van der Waals surface area (Å²) in [6.45, 7) is 3.42. The van der Waals surface area contributed by atoms with Crippen molar-refractivity contribution in [1.82, 2.24) is 10.2 Å². The molecule has 1 fully saturated rings. The Bertz CT molecular complexity index is 599. The molecule has 1 aliphatic rings. The number of amides is 2. The van der Waals surface area contributed by atoms with E-state index in [-0.39, 0.29) is 17.9 Å². The van der Waals surface area contributed by atoms with Crippen molar-refractivity contribution in [2.24, 2.45) is 0 Å². The quantitative estimate of drug-likeness (QED) is 0.766. The highest BCUT2D eigenvalue weighted by Crippen LogP contribution is 2.28. The maximum atomic E-state index is 11.9. The Morgan fingerprint density at radius 1 is 1.28 bits per heavy atom. The second kappa shape index (κ2) is 9.27. The lowest BCUT2D eigenvalue weighted by molar-refractivity contribution is -0.132. The first kappa shape index (κ1) is 19.1. The summed E-state index contributed by atoms with van der Waals surface area (Å²) in [5.41, 5.74) is 0.929. The standard InChI is InChI=1S/C18H26N2O5/c1-13(21)20(9-8-19-18(22)16-5-4-10-25-16)12-14-6-7-15(23-2)17(11-14)24-3/h6-7,11,16H,4-5,8-10,12H2,1-3H3,(H,19,22). The van der Waals surface area contributed by atoms with Gasteiger partial charge in [-0.25, -0.2) is 0 Å². The van der Waals surface area contributed by atoms with E-state index in [1.165, 1.54) is 6.92 Å². The van der Waals surface area contributed by atoms with Gasteiger partial charge >= 0.3 is 0 Å². The largest absolute Gasteiger partial charge is 0.493 e. The van der Waals surface area contributed by atoms with Gasteiger partial charge in [-0.15, -0.1) is 0 Å². The third-order valence-electron chi connectivity index (χ3n) is 4.17. The van der Waals surface area contributed by atoms with Crippen LogP contribution >= 0.6 is 0 Å². The molecule has 0 radical (unpaired) electrons. The number of ether oxygens (including phenoxy) is 3. The van der Waals surface area contributed by atoms with E-state index in [4.69, 9.17) is 14.2 Å². The minimum Gasteiger partial charge on any atom is -0.493 e. The number of hydrogen-bond donors (Lipinski definition) is 1. The van der Waals surface area contributed by atoms with Crippen LogP contribution in [0.1, 0.15) is 25.3 Å². The topological polar surface area (TPSA) is 77.1 Å². The molecule has 2 amide bonds. The summed E-state index contributed by atoms with van der Waals surface area (Å²) in [4.78, 5) is 25.5. The van der Waals surface area contributed by atoms with Gasteiger partial charge in [-0.2, -0.15) is 0 Å². The first-order chi connectivity index (χ1) is 12.0. The summed E-state index contributed by atoms with van der Waals surface area (Å²) < 4.78 is 15.9. The van der Waals surface area contributed by atoms with E-state index in [0.717, 1.165) is 18.4 Å². The maximum absolute atomic E-state index is 11.9. The highest BCUT2D eigenvalue weighted by atomic mass is 16.5. The number of nitrogens with one attached hydrogen (secondary N) is 1. The number of carbonyl (C=O) groups is 2. The van der Waals surface area contributed by atoms with Gasteiger partial charge in [-0.05, 0) is 30.5 Å². The molecule has 1 aromatic rings. The summed E-state index contributed by atoms with van der Waals surface area (Å²) in [6.07, 6.45) is 1.32. The Balaban J connectivity index is 1.90. The van der Waals surface area contributed by atoms with Crippen molar-refractivity contribution < 1.29 is 23.8 Å². The predicted molar refractivity (Wildman–Crippen MR) is 92.6 cm³/mol. The molecule has 1 atom stereocenters. The molecule has 0 spiro atoms. The van der Waals surface area contributed by atoms with Gasteiger partial charge in [0.15, 0.2) is 11.5 Å². The van der Waals surface area contributed by atoms with E-state index < -0.39 is 0 Å². The predicted octanol–water partition coefficient (Wildman–Crippen LogP) is 1.35. The minimum atomic E-state index is -0.350. The molecule has 0 aliphatic carbocycles. The molecule has 1 heterocycles. The highest BCUT2D eigenvalue weighted by molar-refractivity contribution is 5.81. The van der Waals surface area contributed by atoms with Crippen LogP contribution < -0.4 is 14.8 Å². The number of methoxy groups -OCH3 is 2. The molecule has 138 valence electrons. The highest BCUT2D eigenvalue weighted by Gasteiger charge is 2.23. The average molecular weight is 350 g/mol. The fraction of sp³-hybridized carbons (Fsp3) is 0.556. The first-order valence-electron chi connectivity index (χ1n) is 8.41. The molecule has 0 bridgehead atoms. The fourth-order valence-electron chi connectivity index (χ4n) is 2.76. The van der Waals surface area contributed by atoms with Gasteiger partial charge < -0.3 is 24.4 Å². The van der Waals surface area contributed by atoms with Gasteiger partial charge in [-0.1, -0.05) is 6.07 Å². The Morgan fingerprint density at radius 2 is 2.04 bits per heavy atom. The van der Waals surface area contributed by atoms with E-state index in [2.05, 4.69) is 5.32 Å². The van der Waals surface area contributed by atoms with E-state index in [0.29, 0.717) is 37.7 Å². The Kier molecular flexibility index (Phi) is 7.06. The van der Waals surface area contributed by atoms with E-state index in [9.17, 15) is 9.59 Å². The van der Waals surface area contributed by atoms with Crippen LogP contribution in [-0.2, 0) is 20.9 Å². The van der Waals surface area contributed by atoms with Crippen LogP contribution in [0.3, 0.4) is 0 Å². The van der Waals surface area contributed by atoms with E-state index in [1.54, 1.807) is 19.1 Å². The number of benzene rings is 1. The number of nitrogens with zero attached hydrogens (tertiary/aromatic N) is 1. The lowest BCUT2D eigenvalue weighted by Gasteiger charge is -2.22. The van der Waals surface area contributed by atoms with E-state index in [1.807, 2.05) is 18.2 Å². The minimum absolute atomic E-state index is 0.0545. The second-order valence-electron chi connectivity index (χ2n) is 5.92. The average Bonchev–Trinajstić information content (AvgIpc) is 3.15. The normalized spacial score (nSPS) is 16.4. The van der Waals surface area contributed by atoms with Gasteiger partial charge in [0.1, 0.15) is 6.10 Å². The van der Waals surface area contributed by atoms with Gasteiger partial charge in [0, 0.05) is 33.2 Å². The lowest BCUT2D eigenvalue weighted by Crippen LogP contribution is -2.40. The Hall–Kier alpha value is -2.28. The summed E-state index contributed by atoms with van der Waals surface area (Å²) in [5.74, 6) is 1.10. The number of carbonyl (C=O) groups excluding carboxylic acids is 2. The van der Waals surface area contributed by atoms with Crippen LogP contribution in [0.2, 0.25) is 0 Å². The van der Waals surface area contributed by atoms with Crippen LogP contribution in [0, 0.1) is 0 Å². The summed E-state index contributed by atoms with van der Waals surface area (Å²) in [7, 11) is 3.15. The number of hydrogen-bond acceptors (Lipinski definition) is 5. The van der Waals surface area contributed by atoms with Crippen LogP contribution in [-0.4, -0.2) is 56.7 Å². The zero-order valence-electron chi connectivity index (χ0n) is 15.0. The number of rotatable bonds is 8. The summed E-state index contributed by atoms with van der Waals surface area (Å²) in [6, 6.07) is 5.55. The van der Waals surface area contributed by atoms with Gasteiger partial charge in [-0.3, -0.25) is 9.59 Å².